The highest BCUT2D eigenvalue weighted by Crippen LogP contribution is 2.31. The molecule has 0 aliphatic carbocycles. The molecule has 4 rings (SSSR count). The second-order valence-electron chi connectivity index (χ2n) is 5.70. The van der Waals surface area contributed by atoms with Crippen LogP contribution in [-0.4, -0.2) is 19.8 Å². The molecule has 0 atom stereocenters. The number of rotatable bonds is 3. The zero-order valence-corrected chi connectivity index (χ0v) is 15.7. The third-order valence-corrected chi connectivity index (χ3v) is 5.35. The van der Waals surface area contributed by atoms with E-state index < -0.39 is 11.7 Å². The van der Waals surface area contributed by atoms with Gasteiger partial charge in [0.25, 0.3) is 0 Å². The van der Waals surface area contributed by atoms with Gasteiger partial charge in [0.05, 0.1) is 5.56 Å². The Bertz CT molecular complexity index is 1120. The van der Waals surface area contributed by atoms with Crippen molar-refractivity contribution < 1.29 is 13.2 Å². The van der Waals surface area contributed by atoms with E-state index in [9.17, 15) is 13.2 Å². The number of hydrogen-bond donors (Lipinski definition) is 0. The van der Waals surface area contributed by atoms with Crippen molar-refractivity contribution in [1.29, 1.82) is 0 Å². The van der Waals surface area contributed by atoms with Crippen molar-refractivity contribution in [3.8, 4) is 11.4 Å². The molecule has 2 aromatic heterocycles. The van der Waals surface area contributed by atoms with Gasteiger partial charge in [-0.2, -0.15) is 22.8 Å². The Morgan fingerprint density at radius 3 is 2.41 bits per heavy atom. The van der Waals surface area contributed by atoms with E-state index in [1.807, 2.05) is 6.07 Å². The normalized spacial score (nSPS) is 12.0. The molecule has 0 saturated heterocycles. The molecule has 0 aliphatic heterocycles. The van der Waals surface area contributed by atoms with Crippen molar-refractivity contribution in [3.63, 3.8) is 0 Å². The quantitative estimate of drug-likeness (QED) is 0.415. The topological polar surface area (TPSA) is 43.1 Å². The van der Waals surface area contributed by atoms with E-state index in [4.69, 9.17) is 23.2 Å². The maximum atomic E-state index is 12.7. The number of nitrogens with zero attached hydrogens (tertiary/aromatic N) is 4. The lowest BCUT2D eigenvalue weighted by molar-refractivity contribution is -0.137. The third kappa shape index (κ3) is 3.65. The Morgan fingerprint density at radius 1 is 1.00 bits per heavy atom. The highest BCUT2D eigenvalue weighted by Gasteiger charge is 2.30. The maximum Gasteiger partial charge on any atom is 0.416 e. The molecule has 0 unspecified atom stereocenters. The van der Waals surface area contributed by atoms with Crippen molar-refractivity contribution in [2.45, 2.75) is 12.6 Å². The van der Waals surface area contributed by atoms with Gasteiger partial charge in [0, 0.05) is 22.0 Å². The van der Waals surface area contributed by atoms with Gasteiger partial charge in [-0.1, -0.05) is 52.7 Å². The lowest BCUT2D eigenvalue weighted by Crippen LogP contribution is -2.04. The van der Waals surface area contributed by atoms with Crippen LogP contribution >= 0.6 is 34.5 Å². The van der Waals surface area contributed by atoms with Gasteiger partial charge < -0.3 is 0 Å². The molecule has 10 heteroatoms. The minimum Gasteiger partial charge on any atom is -0.183 e. The van der Waals surface area contributed by atoms with Crippen LogP contribution in [0.4, 0.5) is 13.2 Å². The molecule has 0 bridgehead atoms. The molecule has 0 amide bonds. The second-order valence-corrected chi connectivity index (χ2v) is 7.59. The largest absolute Gasteiger partial charge is 0.416 e. The molecule has 4 aromatic rings. The van der Waals surface area contributed by atoms with Gasteiger partial charge in [-0.15, -0.1) is 10.2 Å². The summed E-state index contributed by atoms with van der Waals surface area (Å²) in [5, 5.41) is 14.4. The summed E-state index contributed by atoms with van der Waals surface area (Å²) in [7, 11) is 0. The van der Waals surface area contributed by atoms with Crippen LogP contribution in [0, 0.1) is 0 Å². The smallest absolute Gasteiger partial charge is 0.183 e. The lowest BCUT2D eigenvalue weighted by Gasteiger charge is -2.06. The number of aromatic nitrogens is 4. The zero-order chi connectivity index (χ0) is 19.2. The first-order chi connectivity index (χ1) is 12.8. The fraction of sp³-hybridized carbons (Fsp3) is 0.118. The summed E-state index contributed by atoms with van der Waals surface area (Å²) >= 11 is 13.4. The molecule has 0 saturated carbocycles. The van der Waals surface area contributed by atoms with Crippen molar-refractivity contribution in [2.24, 2.45) is 0 Å². The highest BCUT2D eigenvalue weighted by atomic mass is 35.5. The van der Waals surface area contributed by atoms with Crippen LogP contribution in [0.2, 0.25) is 10.0 Å². The van der Waals surface area contributed by atoms with E-state index in [2.05, 4.69) is 15.3 Å². The van der Waals surface area contributed by atoms with Crippen molar-refractivity contribution in [1.82, 2.24) is 19.8 Å². The molecule has 0 fully saturated rings. The molecule has 0 N–H and O–H groups in total. The minimum atomic E-state index is -4.38. The Kier molecular flexibility index (Phi) is 4.57. The van der Waals surface area contributed by atoms with E-state index in [-0.39, 0.29) is 0 Å². The maximum absolute atomic E-state index is 12.7. The van der Waals surface area contributed by atoms with E-state index in [0.29, 0.717) is 32.8 Å². The average Bonchev–Trinajstić information content (AvgIpc) is 3.17. The Balaban J connectivity index is 1.66. The van der Waals surface area contributed by atoms with Gasteiger partial charge in [0.2, 0.25) is 4.96 Å². The summed E-state index contributed by atoms with van der Waals surface area (Å²) in [6, 6.07) is 9.96. The first kappa shape index (κ1) is 18.2. The van der Waals surface area contributed by atoms with Crippen LogP contribution < -0.4 is 0 Å². The van der Waals surface area contributed by atoms with Crippen LogP contribution in [0.3, 0.4) is 0 Å². The molecule has 138 valence electrons. The van der Waals surface area contributed by atoms with Crippen LogP contribution in [0.5, 0.6) is 0 Å². The zero-order valence-electron chi connectivity index (χ0n) is 13.3. The van der Waals surface area contributed by atoms with Gasteiger partial charge in [-0.25, -0.2) is 0 Å². The second kappa shape index (κ2) is 6.78. The summed E-state index contributed by atoms with van der Waals surface area (Å²) < 4.78 is 39.7. The predicted molar refractivity (Wildman–Crippen MR) is 98.4 cm³/mol. The molecule has 27 heavy (non-hydrogen) atoms. The van der Waals surface area contributed by atoms with E-state index in [1.165, 1.54) is 28.0 Å². The number of benzene rings is 2. The number of halogens is 5. The van der Waals surface area contributed by atoms with E-state index in [1.54, 1.807) is 12.1 Å². The van der Waals surface area contributed by atoms with Crippen LogP contribution in [-0.2, 0) is 12.6 Å². The van der Waals surface area contributed by atoms with E-state index in [0.717, 1.165) is 22.7 Å². The highest BCUT2D eigenvalue weighted by molar-refractivity contribution is 7.16. The monoisotopic (exact) mass is 428 g/mol. The van der Waals surface area contributed by atoms with Gasteiger partial charge in [-0.05, 0) is 29.8 Å². The fourth-order valence-electron chi connectivity index (χ4n) is 2.54. The molecule has 2 aromatic carbocycles. The molecule has 0 aliphatic rings. The summed E-state index contributed by atoms with van der Waals surface area (Å²) in [4.78, 5) is 0.546. The lowest BCUT2D eigenvalue weighted by atomic mass is 10.1. The molecule has 2 heterocycles. The van der Waals surface area contributed by atoms with Crippen LogP contribution in [0.1, 0.15) is 16.1 Å². The Labute approximate surface area is 165 Å². The fourth-order valence-corrected chi connectivity index (χ4v) is 3.88. The summed E-state index contributed by atoms with van der Waals surface area (Å²) in [5.74, 6) is 0.378. The molecular weight excluding hydrogens is 420 g/mol. The third-order valence-electron chi connectivity index (χ3n) is 3.86. The minimum absolute atomic E-state index is 0.378. The number of hydrogen-bond acceptors (Lipinski definition) is 4. The summed E-state index contributed by atoms with van der Waals surface area (Å²) in [6.07, 6.45) is -3.90. The van der Waals surface area contributed by atoms with Crippen molar-refractivity contribution in [2.75, 3.05) is 0 Å². The van der Waals surface area contributed by atoms with Gasteiger partial charge in [0.15, 0.2) is 5.82 Å². The molecule has 4 nitrogen and oxygen atoms in total. The molecule has 0 spiro atoms. The van der Waals surface area contributed by atoms with Gasteiger partial charge in [0.1, 0.15) is 5.01 Å². The van der Waals surface area contributed by atoms with Gasteiger partial charge in [-0.3, -0.25) is 0 Å². The summed E-state index contributed by atoms with van der Waals surface area (Å²) in [6.45, 7) is 0. The van der Waals surface area contributed by atoms with Crippen molar-refractivity contribution in [3.05, 3.63) is 68.6 Å². The van der Waals surface area contributed by atoms with E-state index >= 15 is 0 Å². The Morgan fingerprint density at radius 2 is 1.74 bits per heavy atom. The summed E-state index contributed by atoms with van der Waals surface area (Å²) in [5.41, 5.74) is 0.641. The van der Waals surface area contributed by atoms with Gasteiger partial charge >= 0.3 is 6.18 Å². The predicted octanol–water partition coefficient (Wildman–Crippen LogP) is 5.77. The number of fused-ring (bicyclic) bond motifs is 1. The van der Waals surface area contributed by atoms with Crippen LogP contribution in [0.15, 0.2) is 42.5 Å². The molecule has 0 radical (unpaired) electrons. The standard InChI is InChI=1S/C17H9Cl2F3N4S/c18-12-6-3-10(13(19)8-12)7-14-25-26-15(23-24-16(26)27-14)9-1-4-11(5-2-9)17(20,21)22/h1-6,8H,7H2. The molecular formula is C17H9Cl2F3N4S. The number of alkyl halides is 3. The Hall–Kier alpha value is -2.16. The van der Waals surface area contributed by atoms with Crippen molar-refractivity contribution >= 4 is 39.5 Å². The SMILES string of the molecule is FC(F)(F)c1ccc(-c2nnc3sc(Cc4ccc(Cl)cc4Cl)nn23)cc1. The first-order valence-electron chi connectivity index (χ1n) is 7.64. The van der Waals surface area contributed by atoms with Crippen LogP contribution in [0.25, 0.3) is 16.3 Å². The average molecular weight is 429 g/mol. The first-order valence-corrected chi connectivity index (χ1v) is 9.21.